The van der Waals surface area contributed by atoms with Crippen LogP contribution in [0.25, 0.3) is 0 Å². The van der Waals surface area contributed by atoms with Gasteiger partial charge in [-0.15, -0.1) is 0 Å². The van der Waals surface area contributed by atoms with E-state index in [9.17, 15) is 9.59 Å². The summed E-state index contributed by atoms with van der Waals surface area (Å²) in [5.41, 5.74) is 1.87. The van der Waals surface area contributed by atoms with Crippen molar-refractivity contribution in [3.63, 3.8) is 0 Å². The van der Waals surface area contributed by atoms with Crippen molar-refractivity contribution in [2.24, 2.45) is 0 Å². The minimum absolute atomic E-state index is 0.0414. The molecule has 0 bridgehead atoms. The molecule has 7 heteroatoms. The molecule has 2 aliphatic rings. The highest BCUT2D eigenvalue weighted by Crippen LogP contribution is 2.34. The smallest absolute Gasteiger partial charge is 0.227 e. The van der Waals surface area contributed by atoms with Crippen LogP contribution in [0.5, 0.6) is 5.75 Å². The molecule has 0 aliphatic carbocycles. The first kappa shape index (κ1) is 19.6. The number of carbonyl (C=O) groups is 2. The zero-order valence-electron chi connectivity index (χ0n) is 16.2. The van der Waals surface area contributed by atoms with Gasteiger partial charge in [-0.25, -0.2) is 0 Å². The number of amides is 2. The second-order valence-electron chi connectivity index (χ2n) is 7.21. The van der Waals surface area contributed by atoms with E-state index in [1.165, 1.54) is 0 Å². The van der Waals surface area contributed by atoms with Crippen LogP contribution >= 0.6 is 0 Å². The second-order valence-corrected chi connectivity index (χ2v) is 7.21. The number of aryl methyl sites for hydroxylation is 1. The molecule has 0 spiro atoms. The summed E-state index contributed by atoms with van der Waals surface area (Å²) in [5, 5.41) is 2.91. The Morgan fingerprint density at radius 3 is 2.78 bits per heavy atom. The topological polar surface area (TPSA) is 71.1 Å². The molecule has 1 atom stereocenters. The number of morpholine rings is 1. The first-order valence-corrected chi connectivity index (χ1v) is 9.67. The van der Waals surface area contributed by atoms with Crippen molar-refractivity contribution in [1.82, 2.24) is 10.2 Å². The molecule has 2 amide bonds. The quantitative estimate of drug-likeness (QED) is 0.812. The lowest BCUT2D eigenvalue weighted by Crippen LogP contribution is -2.43. The largest absolute Gasteiger partial charge is 0.487 e. The van der Waals surface area contributed by atoms with Crippen LogP contribution in [-0.2, 0) is 14.3 Å². The van der Waals surface area contributed by atoms with E-state index in [0.717, 1.165) is 49.8 Å². The molecule has 0 aromatic heterocycles. The van der Waals surface area contributed by atoms with Gasteiger partial charge in [0.2, 0.25) is 11.8 Å². The van der Waals surface area contributed by atoms with Crippen molar-refractivity contribution in [3.05, 3.63) is 23.8 Å². The summed E-state index contributed by atoms with van der Waals surface area (Å²) in [6, 6.07) is 5.84. The van der Waals surface area contributed by atoms with Crippen LogP contribution in [0.4, 0.5) is 5.69 Å². The van der Waals surface area contributed by atoms with E-state index >= 15 is 0 Å². The Hall–Kier alpha value is -2.12. The first-order valence-electron chi connectivity index (χ1n) is 9.67. The average molecular weight is 375 g/mol. The number of carbonyl (C=O) groups excluding carboxylic acids is 2. The highest BCUT2D eigenvalue weighted by molar-refractivity contribution is 5.97. The highest BCUT2D eigenvalue weighted by Gasteiger charge is 2.27. The van der Waals surface area contributed by atoms with E-state index < -0.39 is 0 Å². The second kappa shape index (κ2) is 9.19. The fourth-order valence-corrected chi connectivity index (χ4v) is 3.41. The van der Waals surface area contributed by atoms with Gasteiger partial charge >= 0.3 is 0 Å². The van der Waals surface area contributed by atoms with Crippen LogP contribution in [0, 0.1) is 6.92 Å². The number of benzene rings is 1. The third kappa shape index (κ3) is 5.43. The van der Waals surface area contributed by atoms with E-state index in [4.69, 9.17) is 9.47 Å². The Balaban J connectivity index is 1.46. The van der Waals surface area contributed by atoms with Crippen molar-refractivity contribution < 1.29 is 19.1 Å². The minimum Gasteiger partial charge on any atom is -0.487 e. The predicted octanol–water partition coefficient (Wildman–Crippen LogP) is 1.34. The molecule has 1 aromatic carbocycles. The number of ether oxygens (including phenoxy) is 2. The molecule has 1 fully saturated rings. The molecule has 0 radical (unpaired) electrons. The monoisotopic (exact) mass is 375 g/mol. The van der Waals surface area contributed by atoms with Gasteiger partial charge in [0.1, 0.15) is 11.9 Å². The maximum Gasteiger partial charge on any atom is 0.227 e. The number of fused-ring (bicyclic) bond motifs is 1. The van der Waals surface area contributed by atoms with Crippen molar-refractivity contribution in [2.45, 2.75) is 32.8 Å². The highest BCUT2D eigenvalue weighted by atomic mass is 16.5. The lowest BCUT2D eigenvalue weighted by molar-refractivity contribution is -0.125. The van der Waals surface area contributed by atoms with Gasteiger partial charge in [-0.2, -0.15) is 0 Å². The average Bonchev–Trinajstić information content (AvgIpc) is 2.66. The van der Waals surface area contributed by atoms with Gasteiger partial charge in [-0.3, -0.25) is 14.5 Å². The summed E-state index contributed by atoms with van der Waals surface area (Å²) in [6.07, 6.45) is 0.338. The summed E-state index contributed by atoms with van der Waals surface area (Å²) in [6.45, 7) is 9.17. The standard InChI is InChI=1S/C20H29N3O4/c1-15-3-4-18-17(13-15)23(14-16(2)27-18)20(25)6-5-19(24)21-7-8-22-9-11-26-12-10-22/h3-4,13,16H,5-12,14H2,1-2H3,(H,21,24)/t16-/m0/s1. The SMILES string of the molecule is Cc1ccc2c(c1)N(C(=O)CCC(=O)NCCN1CCOCC1)C[C@H](C)O2. The zero-order valence-corrected chi connectivity index (χ0v) is 16.2. The molecule has 2 heterocycles. The van der Waals surface area contributed by atoms with E-state index in [1.807, 2.05) is 32.0 Å². The number of anilines is 1. The molecule has 3 rings (SSSR count). The molecule has 0 saturated carbocycles. The molecule has 27 heavy (non-hydrogen) atoms. The number of hydrogen-bond donors (Lipinski definition) is 1. The normalized spacial score (nSPS) is 19.9. The van der Waals surface area contributed by atoms with Crippen LogP contribution < -0.4 is 15.0 Å². The van der Waals surface area contributed by atoms with Gasteiger partial charge in [-0.05, 0) is 31.5 Å². The van der Waals surface area contributed by atoms with Crippen molar-refractivity contribution in [3.8, 4) is 5.75 Å². The van der Waals surface area contributed by atoms with Crippen LogP contribution in [0.15, 0.2) is 18.2 Å². The van der Waals surface area contributed by atoms with Gasteiger partial charge in [0.25, 0.3) is 0 Å². The van der Waals surface area contributed by atoms with E-state index in [0.29, 0.717) is 13.1 Å². The van der Waals surface area contributed by atoms with Gasteiger partial charge < -0.3 is 19.7 Å². The zero-order chi connectivity index (χ0) is 19.2. The van der Waals surface area contributed by atoms with Crippen LogP contribution in [0.1, 0.15) is 25.3 Å². The van der Waals surface area contributed by atoms with Crippen LogP contribution in [0.2, 0.25) is 0 Å². The fraction of sp³-hybridized carbons (Fsp3) is 0.600. The van der Waals surface area contributed by atoms with E-state index in [2.05, 4.69) is 10.2 Å². The molecule has 1 N–H and O–H groups in total. The minimum atomic E-state index is -0.0811. The van der Waals surface area contributed by atoms with Crippen molar-refractivity contribution >= 4 is 17.5 Å². The van der Waals surface area contributed by atoms with Gasteiger partial charge in [0, 0.05) is 39.0 Å². The van der Waals surface area contributed by atoms with Crippen molar-refractivity contribution in [2.75, 3.05) is 50.8 Å². The molecule has 7 nitrogen and oxygen atoms in total. The Morgan fingerprint density at radius 2 is 2.00 bits per heavy atom. The maximum atomic E-state index is 12.7. The summed E-state index contributed by atoms with van der Waals surface area (Å²) < 4.78 is 11.1. The number of rotatable bonds is 6. The van der Waals surface area contributed by atoms with Crippen LogP contribution in [0.3, 0.4) is 0 Å². The third-order valence-electron chi connectivity index (χ3n) is 4.89. The molecule has 1 aromatic rings. The van der Waals surface area contributed by atoms with Gasteiger partial charge in [-0.1, -0.05) is 6.07 Å². The number of nitrogens with zero attached hydrogens (tertiary/aromatic N) is 2. The van der Waals surface area contributed by atoms with E-state index in [-0.39, 0.29) is 30.8 Å². The van der Waals surface area contributed by atoms with E-state index in [1.54, 1.807) is 4.90 Å². The summed E-state index contributed by atoms with van der Waals surface area (Å²) in [5.74, 6) is 0.602. The Kier molecular flexibility index (Phi) is 6.68. The summed E-state index contributed by atoms with van der Waals surface area (Å²) in [7, 11) is 0. The Bertz CT molecular complexity index is 673. The molecule has 0 unspecified atom stereocenters. The van der Waals surface area contributed by atoms with Crippen LogP contribution in [-0.4, -0.2) is 68.8 Å². The molecular formula is C20H29N3O4. The molecular weight excluding hydrogens is 346 g/mol. The lowest BCUT2D eigenvalue weighted by atomic mass is 10.1. The Labute approximate surface area is 160 Å². The fourth-order valence-electron chi connectivity index (χ4n) is 3.41. The van der Waals surface area contributed by atoms with Crippen molar-refractivity contribution in [1.29, 1.82) is 0 Å². The van der Waals surface area contributed by atoms with Gasteiger partial charge in [0.15, 0.2) is 0 Å². The lowest BCUT2D eigenvalue weighted by Gasteiger charge is -2.33. The predicted molar refractivity (Wildman–Crippen MR) is 103 cm³/mol. The molecule has 2 aliphatic heterocycles. The first-order chi connectivity index (χ1) is 13.0. The maximum absolute atomic E-state index is 12.7. The number of nitrogens with one attached hydrogen (secondary N) is 1. The third-order valence-corrected chi connectivity index (χ3v) is 4.89. The summed E-state index contributed by atoms with van der Waals surface area (Å²) >= 11 is 0. The Morgan fingerprint density at radius 1 is 1.22 bits per heavy atom. The molecule has 148 valence electrons. The van der Waals surface area contributed by atoms with Gasteiger partial charge in [0.05, 0.1) is 25.4 Å². The number of hydrogen-bond acceptors (Lipinski definition) is 5. The molecule has 1 saturated heterocycles. The summed E-state index contributed by atoms with van der Waals surface area (Å²) in [4.78, 5) is 28.8.